The van der Waals surface area contributed by atoms with Gasteiger partial charge in [-0.25, -0.2) is 4.79 Å². The van der Waals surface area contributed by atoms with E-state index in [2.05, 4.69) is 17.6 Å². The number of ether oxygens (including phenoxy) is 1. The molecular formula is C19H39ClN4O3. The summed E-state index contributed by atoms with van der Waals surface area (Å²) in [6.45, 7) is 2.70. The highest BCUT2D eigenvalue weighted by atomic mass is 35.5. The van der Waals surface area contributed by atoms with Gasteiger partial charge in [0, 0.05) is 13.0 Å². The van der Waals surface area contributed by atoms with Crippen molar-refractivity contribution in [2.75, 3.05) is 13.7 Å². The number of nitrogens with two attached hydrogens (primary N) is 1. The quantitative estimate of drug-likeness (QED) is 0.136. The Morgan fingerprint density at radius 2 is 1.56 bits per heavy atom. The number of esters is 1. The van der Waals surface area contributed by atoms with E-state index in [1.54, 1.807) is 0 Å². The fourth-order valence-electron chi connectivity index (χ4n) is 2.78. The molecule has 27 heavy (non-hydrogen) atoms. The van der Waals surface area contributed by atoms with E-state index in [-0.39, 0.29) is 24.3 Å². The zero-order valence-corrected chi connectivity index (χ0v) is 17.8. The Hall–Kier alpha value is -1.50. The number of methoxy groups -OCH3 is 1. The maximum absolute atomic E-state index is 12.0. The van der Waals surface area contributed by atoms with Crippen LogP contribution in [0, 0.1) is 5.41 Å². The van der Waals surface area contributed by atoms with Crippen LogP contribution in [0.2, 0.25) is 0 Å². The molecule has 0 saturated carbocycles. The van der Waals surface area contributed by atoms with E-state index in [4.69, 9.17) is 15.9 Å². The van der Waals surface area contributed by atoms with Crippen LogP contribution < -0.4 is 16.4 Å². The summed E-state index contributed by atoms with van der Waals surface area (Å²) >= 11 is 0. The summed E-state index contributed by atoms with van der Waals surface area (Å²) in [6, 6.07) is -0.639. The molecule has 0 bridgehead atoms. The number of carbonyl (C=O) groups is 2. The predicted octanol–water partition coefficient (Wildman–Crippen LogP) is 3.25. The Bertz CT molecular complexity index is 408. The Kier molecular flexibility index (Phi) is 19.8. The largest absolute Gasteiger partial charge is 0.467 e. The number of nitrogens with one attached hydrogen (secondary N) is 3. The summed E-state index contributed by atoms with van der Waals surface area (Å²) in [5.74, 6) is -0.648. The number of halogens is 1. The Labute approximate surface area is 170 Å². The van der Waals surface area contributed by atoms with Crippen LogP contribution in [0.15, 0.2) is 0 Å². The van der Waals surface area contributed by atoms with Crippen LogP contribution in [0.3, 0.4) is 0 Å². The highest BCUT2D eigenvalue weighted by Gasteiger charge is 2.20. The van der Waals surface area contributed by atoms with Crippen molar-refractivity contribution < 1.29 is 14.3 Å². The zero-order chi connectivity index (χ0) is 19.6. The number of unbranched alkanes of at least 4 members (excludes halogenated alkanes) is 8. The number of guanidine groups is 1. The number of hydrogen-bond acceptors (Lipinski definition) is 4. The van der Waals surface area contributed by atoms with Crippen LogP contribution in [0.25, 0.3) is 0 Å². The third-order valence-electron chi connectivity index (χ3n) is 4.31. The molecule has 1 unspecified atom stereocenters. The van der Waals surface area contributed by atoms with Gasteiger partial charge < -0.3 is 21.1 Å². The van der Waals surface area contributed by atoms with E-state index < -0.39 is 12.0 Å². The second kappa shape index (κ2) is 19.3. The van der Waals surface area contributed by atoms with E-state index in [1.807, 2.05) is 0 Å². The highest BCUT2D eigenvalue weighted by Crippen LogP contribution is 2.10. The molecule has 0 saturated heterocycles. The van der Waals surface area contributed by atoms with Gasteiger partial charge in [-0.05, 0) is 19.3 Å². The lowest BCUT2D eigenvalue weighted by atomic mass is 10.1. The third kappa shape index (κ3) is 17.7. The van der Waals surface area contributed by atoms with E-state index in [0.717, 1.165) is 19.3 Å². The van der Waals surface area contributed by atoms with Crippen LogP contribution in [0.1, 0.15) is 84.0 Å². The minimum absolute atomic E-state index is 0. The zero-order valence-electron chi connectivity index (χ0n) is 17.0. The molecule has 0 aromatic carbocycles. The van der Waals surface area contributed by atoms with Gasteiger partial charge in [0.15, 0.2) is 5.96 Å². The third-order valence-corrected chi connectivity index (χ3v) is 4.31. The van der Waals surface area contributed by atoms with Crippen molar-refractivity contribution in [1.82, 2.24) is 10.6 Å². The molecule has 0 aromatic heterocycles. The smallest absolute Gasteiger partial charge is 0.328 e. The standard InChI is InChI=1S/C19H38N4O3.ClH/c1-3-4-5-6-7-8-9-10-11-14-17(24)23-16(18(25)26-2)13-12-15-22-19(20)21;/h16H,3-15H2,1-2H3,(H,23,24)(H4,20,21,22);1H. The van der Waals surface area contributed by atoms with Gasteiger partial charge >= 0.3 is 5.97 Å². The van der Waals surface area contributed by atoms with Crippen molar-refractivity contribution >= 4 is 30.2 Å². The van der Waals surface area contributed by atoms with Crippen LogP contribution in [-0.2, 0) is 14.3 Å². The van der Waals surface area contributed by atoms with Gasteiger partial charge in [-0.15, -0.1) is 12.4 Å². The molecule has 0 aliphatic heterocycles. The molecule has 1 atom stereocenters. The SMILES string of the molecule is CCCCCCCCCCCC(=O)NC(CCCNC(=N)N)C(=O)OC.Cl. The Balaban J connectivity index is 0. The number of rotatable bonds is 16. The number of carbonyl (C=O) groups excluding carboxylic acids is 2. The van der Waals surface area contributed by atoms with Crippen LogP contribution in [-0.4, -0.2) is 37.5 Å². The van der Waals surface area contributed by atoms with Crippen molar-refractivity contribution in [2.45, 2.75) is 90.0 Å². The van der Waals surface area contributed by atoms with Gasteiger partial charge in [0.2, 0.25) is 5.91 Å². The van der Waals surface area contributed by atoms with E-state index >= 15 is 0 Å². The summed E-state index contributed by atoms with van der Waals surface area (Å²) in [5, 5.41) is 12.5. The first-order chi connectivity index (χ1) is 12.5. The molecule has 0 aliphatic rings. The molecule has 8 heteroatoms. The van der Waals surface area contributed by atoms with Crippen LogP contribution in [0.4, 0.5) is 0 Å². The lowest BCUT2D eigenvalue weighted by molar-refractivity contribution is -0.145. The first kappa shape index (κ1) is 27.7. The predicted molar refractivity (Wildman–Crippen MR) is 112 cm³/mol. The summed E-state index contributed by atoms with van der Waals surface area (Å²) < 4.78 is 4.75. The van der Waals surface area contributed by atoms with Crippen molar-refractivity contribution in [2.24, 2.45) is 5.73 Å². The Morgan fingerprint density at radius 1 is 1.00 bits per heavy atom. The van der Waals surface area contributed by atoms with Gasteiger partial charge in [-0.1, -0.05) is 58.3 Å². The highest BCUT2D eigenvalue weighted by molar-refractivity contribution is 5.85. The molecule has 1 amide bonds. The first-order valence-electron chi connectivity index (χ1n) is 9.96. The van der Waals surface area contributed by atoms with E-state index in [0.29, 0.717) is 25.8 Å². The lowest BCUT2D eigenvalue weighted by Gasteiger charge is -2.16. The maximum Gasteiger partial charge on any atom is 0.328 e. The second-order valence-electron chi connectivity index (χ2n) is 6.70. The molecule has 0 heterocycles. The van der Waals surface area contributed by atoms with Gasteiger partial charge in [0.1, 0.15) is 6.04 Å². The fraction of sp³-hybridized carbons (Fsp3) is 0.842. The van der Waals surface area contributed by atoms with Gasteiger partial charge in [0.25, 0.3) is 0 Å². The molecule has 0 spiro atoms. The van der Waals surface area contributed by atoms with Crippen molar-refractivity contribution in [1.29, 1.82) is 5.41 Å². The van der Waals surface area contributed by atoms with Gasteiger partial charge in [0.05, 0.1) is 7.11 Å². The van der Waals surface area contributed by atoms with E-state index in [1.165, 1.54) is 45.6 Å². The maximum atomic E-state index is 12.0. The number of hydrogen-bond donors (Lipinski definition) is 4. The summed E-state index contributed by atoms with van der Waals surface area (Å²) in [4.78, 5) is 23.8. The van der Waals surface area contributed by atoms with Crippen molar-refractivity contribution in [3.05, 3.63) is 0 Å². The molecule has 160 valence electrons. The average molecular weight is 407 g/mol. The summed E-state index contributed by atoms with van der Waals surface area (Å²) in [6.07, 6.45) is 12.3. The summed E-state index contributed by atoms with van der Waals surface area (Å²) in [7, 11) is 1.32. The minimum Gasteiger partial charge on any atom is -0.467 e. The normalized spacial score (nSPS) is 11.2. The minimum atomic E-state index is -0.639. The average Bonchev–Trinajstić information content (AvgIpc) is 2.62. The molecule has 0 aliphatic carbocycles. The molecule has 0 rings (SSSR count). The van der Waals surface area contributed by atoms with Gasteiger partial charge in [-0.3, -0.25) is 10.2 Å². The van der Waals surface area contributed by atoms with Crippen molar-refractivity contribution in [3.8, 4) is 0 Å². The Morgan fingerprint density at radius 3 is 2.07 bits per heavy atom. The molecule has 0 fully saturated rings. The van der Waals surface area contributed by atoms with Crippen LogP contribution >= 0.6 is 12.4 Å². The van der Waals surface area contributed by atoms with Gasteiger partial charge in [-0.2, -0.15) is 0 Å². The first-order valence-corrected chi connectivity index (χ1v) is 9.96. The molecular weight excluding hydrogens is 368 g/mol. The molecule has 5 N–H and O–H groups in total. The molecule has 7 nitrogen and oxygen atoms in total. The monoisotopic (exact) mass is 406 g/mol. The van der Waals surface area contributed by atoms with E-state index in [9.17, 15) is 9.59 Å². The van der Waals surface area contributed by atoms with Crippen LogP contribution in [0.5, 0.6) is 0 Å². The van der Waals surface area contributed by atoms with Crippen molar-refractivity contribution in [3.63, 3.8) is 0 Å². The fourth-order valence-corrected chi connectivity index (χ4v) is 2.78. The number of amides is 1. The summed E-state index contributed by atoms with van der Waals surface area (Å²) in [5.41, 5.74) is 5.21. The lowest BCUT2D eigenvalue weighted by Crippen LogP contribution is -2.42. The molecule has 0 aromatic rings. The topological polar surface area (TPSA) is 117 Å². The molecule has 0 radical (unpaired) electrons. The second-order valence-corrected chi connectivity index (χ2v) is 6.70.